The van der Waals surface area contributed by atoms with Gasteiger partial charge in [-0.05, 0) is 94.1 Å². The van der Waals surface area contributed by atoms with Crippen molar-refractivity contribution in [2.24, 2.45) is 0 Å². The van der Waals surface area contributed by atoms with Crippen molar-refractivity contribution in [1.29, 1.82) is 0 Å². The summed E-state index contributed by atoms with van der Waals surface area (Å²) >= 11 is 0. The van der Waals surface area contributed by atoms with Crippen molar-refractivity contribution >= 4 is 44.5 Å². The van der Waals surface area contributed by atoms with Crippen LogP contribution in [-0.2, 0) is 0 Å². The standard InChI is InChI=1S/C47H34N2O/c1-4-11-33(12-5-1)35-19-21-37(22-20-35)40-17-10-18-42(31-40)49(41-27-23-36(24-28-41)34-13-6-2-7-14-34)43-29-25-38-26-30-45-46(44(38)32-43)48-47(50-45)39-15-8-3-9-16-39/h1-2,4-8,10-32H,3,9H2. The predicted molar refractivity (Wildman–Crippen MR) is 209 cm³/mol. The number of rotatable bonds is 7. The quantitative estimate of drug-likeness (QED) is 0.173. The van der Waals surface area contributed by atoms with E-state index >= 15 is 0 Å². The largest absolute Gasteiger partial charge is 0.436 e. The van der Waals surface area contributed by atoms with Gasteiger partial charge in [-0.3, -0.25) is 0 Å². The molecule has 0 N–H and O–H groups in total. The molecule has 0 aliphatic heterocycles. The van der Waals surface area contributed by atoms with Crippen LogP contribution in [-0.4, -0.2) is 4.98 Å². The number of hydrogen-bond acceptors (Lipinski definition) is 3. The Hall–Kier alpha value is -6.45. The van der Waals surface area contributed by atoms with E-state index in [2.05, 4.69) is 181 Å². The molecule has 0 bridgehead atoms. The highest BCUT2D eigenvalue weighted by atomic mass is 16.3. The highest BCUT2D eigenvalue weighted by Crippen LogP contribution is 2.40. The maximum atomic E-state index is 6.30. The Labute approximate surface area is 292 Å². The lowest BCUT2D eigenvalue weighted by molar-refractivity contribution is 0.585. The van der Waals surface area contributed by atoms with E-state index < -0.39 is 0 Å². The zero-order chi connectivity index (χ0) is 33.3. The molecule has 7 aromatic carbocycles. The molecule has 3 heteroatoms. The Bertz CT molecular complexity index is 2510. The molecule has 0 unspecified atom stereocenters. The first kappa shape index (κ1) is 29.7. The molecule has 0 fully saturated rings. The fourth-order valence-electron chi connectivity index (χ4n) is 6.92. The van der Waals surface area contributed by atoms with E-state index in [1.165, 1.54) is 27.8 Å². The van der Waals surface area contributed by atoms with Crippen molar-refractivity contribution < 1.29 is 4.42 Å². The molecular formula is C47H34N2O. The first-order valence-corrected chi connectivity index (χ1v) is 17.2. The van der Waals surface area contributed by atoms with Crippen LogP contribution >= 0.6 is 0 Å². The molecular weight excluding hydrogens is 609 g/mol. The van der Waals surface area contributed by atoms with Gasteiger partial charge in [-0.1, -0.05) is 140 Å². The zero-order valence-corrected chi connectivity index (χ0v) is 27.5. The molecule has 0 saturated carbocycles. The van der Waals surface area contributed by atoms with E-state index in [9.17, 15) is 0 Å². The Morgan fingerprint density at radius 3 is 1.74 bits per heavy atom. The minimum atomic E-state index is 0.674. The Morgan fingerprint density at radius 2 is 1.06 bits per heavy atom. The van der Waals surface area contributed by atoms with Gasteiger partial charge in [0.2, 0.25) is 5.89 Å². The molecule has 3 nitrogen and oxygen atoms in total. The van der Waals surface area contributed by atoms with Gasteiger partial charge in [0.1, 0.15) is 5.52 Å². The second kappa shape index (κ2) is 12.9. The zero-order valence-electron chi connectivity index (χ0n) is 27.5. The third kappa shape index (κ3) is 5.69. The van der Waals surface area contributed by atoms with Crippen LogP contribution in [0.4, 0.5) is 17.1 Å². The van der Waals surface area contributed by atoms with Gasteiger partial charge < -0.3 is 9.32 Å². The second-order valence-corrected chi connectivity index (χ2v) is 12.7. The number of fused-ring (bicyclic) bond motifs is 3. The smallest absolute Gasteiger partial charge is 0.226 e. The van der Waals surface area contributed by atoms with Gasteiger partial charge in [0, 0.05) is 28.0 Å². The third-order valence-corrected chi connectivity index (χ3v) is 9.52. The highest BCUT2D eigenvalue weighted by molar-refractivity contribution is 6.06. The number of allylic oxidation sites excluding steroid dienone is 4. The van der Waals surface area contributed by atoms with Crippen molar-refractivity contribution in [3.63, 3.8) is 0 Å². The van der Waals surface area contributed by atoms with Gasteiger partial charge in [-0.25, -0.2) is 4.98 Å². The predicted octanol–water partition coefficient (Wildman–Crippen LogP) is 13.2. The molecule has 1 aliphatic rings. The fourth-order valence-corrected chi connectivity index (χ4v) is 6.92. The summed E-state index contributed by atoms with van der Waals surface area (Å²) in [5.74, 6) is 0.674. The van der Waals surface area contributed by atoms with Crippen LogP contribution in [0.25, 0.3) is 60.8 Å². The number of anilines is 3. The minimum absolute atomic E-state index is 0.674. The van der Waals surface area contributed by atoms with Crippen molar-refractivity contribution in [2.75, 3.05) is 4.90 Å². The monoisotopic (exact) mass is 642 g/mol. The Morgan fingerprint density at radius 1 is 0.480 bits per heavy atom. The summed E-state index contributed by atoms with van der Waals surface area (Å²) in [6.07, 6.45) is 8.57. The molecule has 1 aliphatic carbocycles. The average Bonchev–Trinajstić information content (AvgIpc) is 3.65. The van der Waals surface area contributed by atoms with Crippen LogP contribution in [0.15, 0.2) is 186 Å². The van der Waals surface area contributed by atoms with Gasteiger partial charge >= 0.3 is 0 Å². The molecule has 8 aromatic rings. The van der Waals surface area contributed by atoms with E-state index in [1.54, 1.807) is 0 Å². The van der Waals surface area contributed by atoms with Crippen molar-refractivity contribution in [1.82, 2.24) is 4.98 Å². The molecule has 9 rings (SSSR count). The van der Waals surface area contributed by atoms with Gasteiger partial charge in [0.05, 0.1) is 0 Å². The van der Waals surface area contributed by atoms with Gasteiger partial charge in [0.25, 0.3) is 0 Å². The number of hydrogen-bond donors (Lipinski definition) is 0. The average molecular weight is 643 g/mol. The molecule has 0 radical (unpaired) electrons. The fraction of sp³-hybridized carbons (Fsp3) is 0.0426. The number of oxazole rings is 1. The van der Waals surface area contributed by atoms with Crippen LogP contribution in [0.5, 0.6) is 0 Å². The van der Waals surface area contributed by atoms with E-state index in [4.69, 9.17) is 9.40 Å². The molecule has 0 saturated heterocycles. The minimum Gasteiger partial charge on any atom is -0.436 e. The molecule has 0 amide bonds. The molecule has 1 heterocycles. The molecule has 0 atom stereocenters. The SMILES string of the molecule is C1=CC(c2nc3c(ccc4ccc(N(c5ccc(-c6ccccc6)cc5)c5cccc(-c6ccc(-c7ccccc7)cc6)c5)cc43)o2)=CCC1. The number of benzene rings is 7. The summed E-state index contributed by atoms with van der Waals surface area (Å²) in [7, 11) is 0. The van der Waals surface area contributed by atoms with Crippen LogP contribution in [0.2, 0.25) is 0 Å². The van der Waals surface area contributed by atoms with Crippen molar-refractivity contribution in [3.05, 3.63) is 188 Å². The second-order valence-electron chi connectivity index (χ2n) is 12.7. The first-order chi connectivity index (χ1) is 24.8. The summed E-state index contributed by atoms with van der Waals surface area (Å²) in [6, 6.07) is 58.3. The highest BCUT2D eigenvalue weighted by Gasteiger charge is 2.18. The lowest BCUT2D eigenvalue weighted by atomic mass is 9.99. The lowest BCUT2D eigenvalue weighted by Crippen LogP contribution is -2.10. The van der Waals surface area contributed by atoms with Crippen LogP contribution in [0.1, 0.15) is 18.7 Å². The van der Waals surface area contributed by atoms with Gasteiger partial charge in [-0.2, -0.15) is 0 Å². The Balaban J connectivity index is 1.15. The Kier molecular flexibility index (Phi) is 7.64. The van der Waals surface area contributed by atoms with Gasteiger partial charge in [0.15, 0.2) is 5.58 Å². The maximum absolute atomic E-state index is 6.30. The van der Waals surface area contributed by atoms with E-state index in [1.807, 2.05) is 6.07 Å². The lowest BCUT2D eigenvalue weighted by Gasteiger charge is -2.26. The van der Waals surface area contributed by atoms with Crippen LogP contribution in [0.3, 0.4) is 0 Å². The molecule has 238 valence electrons. The van der Waals surface area contributed by atoms with E-state index in [-0.39, 0.29) is 0 Å². The van der Waals surface area contributed by atoms with Crippen molar-refractivity contribution in [3.8, 4) is 33.4 Å². The normalized spacial score (nSPS) is 12.7. The van der Waals surface area contributed by atoms with E-state index in [0.717, 1.165) is 62.9 Å². The summed E-state index contributed by atoms with van der Waals surface area (Å²) in [4.78, 5) is 7.37. The van der Waals surface area contributed by atoms with Crippen LogP contribution < -0.4 is 4.90 Å². The van der Waals surface area contributed by atoms with Crippen molar-refractivity contribution in [2.45, 2.75) is 12.8 Å². The van der Waals surface area contributed by atoms with E-state index in [0.29, 0.717) is 5.89 Å². The summed E-state index contributed by atoms with van der Waals surface area (Å²) in [5.41, 5.74) is 13.1. The third-order valence-electron chi connectivity index (χ3n) is 9.52. The summed E-state index contributed by atoms with van der Waals surface area (Å²) in [5, 5.41) is 2.19. The summed E-state index contributed by atoms with van der Waals surface area (Å²) in [6.45, 7) is 0. The maximum Gasteiger partial charge on any atom is 0.226 e. The van der Waals surface area contributed by atoms with Gasteiger partial charge in [-0.15, -0.1) is 0 Å². The van der Waals surface area contributed by atoms with Crippen LogP contribution in [0, 0.1) is 0 Å². The molecule has 0 spiro atoms. The number of nitrogens with zero attached hydrogens (tertiary/aromatic N) is 2. The number of aromatic nitrogens is 1. The topological polar surface area (TPSA) is 29.3 Å². The summed E-state index contributed by atoms with van der Waals surface area (Å²) < 4.78 is 6.30. The molecule has 50 heavy (non-hydrogen) atoms. The molecule has 1 aromatic heterocycles. The first-order valence-electron chi connectivity index (χ1n) is 17.2.